The lowest BCUT2D eigenvalue weighted by Crippen LogP contribution is -2.23. The van der Waals surface area contributed by atoms with Crippen LogP contribution in [-0.4, -0.2) is 20.4 Å². The van der Waals surface area contributed by atoms with Crippen LogP contribution in [0.5, 0.6) is 0 Å². The highest BCUT2D eigenvalue weighted by molar-refractivity contribution is 7.89. The Morgan fingerprint density at radius 1 is 1.21 bits per heavy atom. The summed E-state index contributed by atoms with van der Waals surface area (Å²) in [5.74, 6) is 0. The molecule has 0 bridgehead atoms. The van der Waals surface area contributed by atoms with E-state index >= 15 is 0 Å². The summed E-state index contributed by atoms with van der Waals surface area (Å²) in [7, 11) is -3.66. The average Bonchev–Trinajstić information content (AvgIpc) is 2.53. The molecule has 1 N–H and O–H groups in total. The van der Waals surface area contributed by atoms with E-state index in [0.29, 0.717) is 19.3 Å². The van der Waals surface area contributed by atoms with Gasteiger partial charge in [0.05, 0.1) is 4.90 Å². The predicted octanol–water partition coefficient (Wildman–Crippen LogP) is 4.07. The molecule has 0 heterocycles. The molecule has 136 valence electrons. The summed E-state index contributed by atoms with van der Waals surface area (Å²) in [4.78, 5) is 13.1. The number of rotatable bonds is 8. The number of sulfonamides is 1. The quantitative estimate of drug-likeness (QED) is 0.434. The van der Waals surface area contributed by atoms with Gasteiger partial charge in [-0.25, -0.2) is 4.83 Å². The first-order chi connectivity index (χ1) is 11.2. The third-order valence-corrected chi connectivity index (χ3v) is 4.61. The molecule has 1 aromatic rings. The molecule has 0 aliphatic heterocycles. The third-order valence-electron chi connectivity index (χ3n) is 3.38. The van der Waals surface area contributed by atoms with Crippen LogP contribution >= 0.6 is 0 Å². The number of hydrogen-bond acceptors (Lipinski definition) is 4. The largest absolute Gasteiger partial charge is 0.303 e. The van der Waals surface area contributed by atoms with Crippen molar-refractivity contribution >= 4 is 22.0 Å². The lowest BCUT2D eigenvalue weighted by atomic mass is 9.84. The lowest BCUT2D eigenvalue weighted by molar-refractivity contribution is -0.109. The van der Waals surface area contributed by atoms with Gasteiger partial charge in [0, 0.05) is 12.1 Å². The summed E-state index contributed by atoms with van der Waals surface area (Å²) in [6.07, 6.45) is 2.48. The molecule has 5 nitrogen and oxygen atoms in total. The normalized spacial score (nSPS) is 12.2. The van der Waals surface area contributed by atoms with Crippen LogP contribution in [0.15, 0.2) is 34.3 Å². The molecule has 6 heteroatoms. The monoisotopic (exact) mass is 354 g/mol. The fourth-order valence-electron chi connectivity index (χ4n) is 1.99. The molecule has 0 radical (unpaired) electrons. The maximum Gasteiger partial charge on any atom is 0.276 e. The summed E-state index contributed by atoms with van der Waals surface area (Å²) in [6, 6.07) is 6.59. The molecular weight excluding hydrogens is 324 g/mol. The van der Waals surface area contributed by atoms with Gasteiger partial charge in [0.15, 0.2) is 0 Å². The minimum Gasteiger partial charge on any atom is -0.303 e. The molecule has 1 aromatic carbocycles. The van der Waals surface area contributed by atoms with Gasteiger partial charge in [0.25, 0.3) is 10.0 Å². The number of benzene rings is 1. The van der Waals surface area contributed by atoms with E-state index in [-0.39, 0.29) is 10.3 Å². The predicted molar refractivity (Wildman–Crippen MR) is 99.7 cm³/mol. The first-order valence-electron chi connectivity index (χ1n) is 8.28. The number of hydrazone groups is 1. The standard InChI is InChI=1S/C16H24N2O3S.C2H6/c1-5-14(12-16(3,4)10-11-19)17-18-22(20,21)15-8-6-13(2)7-9-15;1-2/h6-9,11,18H,5,10,12H2,1-4H3;1-2H3/b17-14+;. The van der Waals surface area contributed by atoms with E-state index in [9.17, 15) is 13.2 Å². The van der Waals surface area contributed by atoms with E-state index in [0.717, 1.165) is 17.6 Å². The molecule has 24 heavy (non-hydrogen) atoms. The van der Waals surface area contributed by atoms with Crippen LogP contribution in [0.4, 0.5) is 0 Å². The van der Waals surface area contributed by atoms with Crippen LogP contribution < -0.4 is 4.83 Å². The fraction of sp³-hybridized carbons (Fsp3) is 0.556. The van der Waals surface area contributed by atoms with Crippen LogP contribution in [0.25, 0.3) is 0 Å². The van der Waals surface area contributed by atoms with Crippen molar-refractivity contribution in [2.75, 3.05) is 0 Å². The molecular formula is C18H30N2O3S. The lowest BCUT2D eigenvalue weighted by Gasteiger charge is -2.22. The minimum atomic E-state index is -3.66. The molecule has 0 fully saturated rings. The molecule has 0 aromatic heterocycles. The van der Waals surface area contributed by atoms with E-state index in [1.807, 2.05) is 41.5 Å². The van der Waals surface area contributed by atoms with E-state index in [1.54, 1.807) is 24.3 Å². The zero-order chi connectivity index (χ0) is 18.8. The van der Waals surface area contributed by atoms with E-state index in [2.05, 4.69) is 9.93 Å². The van der Waals surface area contributed by atoms with Gasteiger partial charge < -0.3 is 4.79 Å². The number of carbonyl (C=O) groups excluding carboxylic acids is 1. The Morgan fingerprint density at radius 2 is 1.75 bits per heavy atom. The molecule has 1 rings (SSSR count). The van der Waals surface area contributed by atoms with Crippen LogP contribution in [0.1, 0.15) is 59.4 Å². The van der Waals surface area contributed by atoms with Crippen molar-refractivity contribution in [3.63, 3.8) is 0 Å². The van der Waals surface area contributed by atoms with E-state index < -0.39 is 10.0 Å². The Bertz CT molecular complexity index is 633. The number of nitrogens with zero attached hydrogens (tertiary/aromatic N) is 1. The SMILES string of the molecule is CC.CC/C(CC(C)(C)CC=O)=N\NS(=O)(=O)c1ccc(C)cc1. The molecule has 0 spiro atoms. The van der Waals surface area contributed by atoms with Crippen molar-refractivity contribution in [1.82, 2.24) is 4.83 Å². The van der Waals surface area contributed by atoms with Gasteiger partial charge >= 0.3 is 0 Å². The van der Waals surface area contributed by atoms with E-state index in [1.165, 1.54) is 0 Å². The molecule has 0 aliphatic carbocycles. The fourth-order valence-corrected chi connectivity index (χ4v) is 2.84. The number of hydrogen-bond donors (Lipinski definition) is 1. The Kier molecular flexibility index (Phi) is 9.51. The Hall–Kier alpha value is -1.69. The van der Waals surface area contributed by atoms with Crippen molar-refractivity contribution < 1.29 is 13.2 Å². The maximum absolute atomic E-state index is 12.2. The first-order valence-corrected chi connectivity index (χ1v) is 9.76. The van der Waals surface area contributed by atoms with E-state index in [4.69, 9.17) is 0 Å². The second kappa shape index (κ2) is 10.2. The Morgan fingerprint density at radius 3 is 2.21 bits per heavy atom. The van der Waals surface area contributed by atoms with Gasteiger partial charge in [-0.1, -0.05) is 52.3 Å². The number of aldehydes is 1. The number of carbonyl (C=O) groups is 1. The van der Waals surface area contributed by atoms with Gasteiger partial charge in [-0.3, -0.25) is 0 Å². The molecule has 0 aliphatic rings. The van der Waals surface area contributed by atoms with Crippen LogP contribution in [0, 0.1) is 12.3 Å². The summed E-state index contributed by atoms with van der Waals surface area (Å²) < 4.78 is 24.4. The topological polar surface area (TPSA) is 75.6 Å². The van der Waals surface area contributed by atoms with Crippen molar-refractivity contribution in [3.05, 3.63) is 29.8 Å². The Balaban J connectivity index is 0.00000254. The highest BCUT2D eigenvalue weighted by Gasteiger charge is 2.20. The first kappa shape index (κ1) is 22.3. The number of aryl methyl sites for hydroxylation is 1. The molecule has 0 saturated carbocycles. The van der Waals surface area contributed by atoms with Crippen molar-refractivity contribution in [2.45, 2.75) is 65.7 Å². The molecule has 0 amide bonds. The van der Waals surface area contributed by atoms with Gasteiger partial charge in [0.1, 0.15) is 6.29 Å². The summed E-state index contributed by atoms with van der Waals surface area (Å²) in [6.45, 7) is 11.7. The van der Waals surface area contributed by atoms with Crippen LogP contribution in [-0.2, 0) is 14.8 Å². The van der Waals surface area contributed by atoms with Gasteiger partial charge in [-0.05, 0) is 37.3 Å². The summed E-state index contributed by atoms with van der Waals surface area (Å²) in [5.41, 5.74) is 1.49. The maximum atomic E-state index is 12.2. The summed E-state index contributed by atoms with van der Waals surface area (Å²) >= 11 is 0. The van der Waals surface area contributed by atoms with Gasteiger partial charge in [-0.15, -0.1) is 0 Å². The average molecular weight is 355 g/mol. The van der Waals surface area contributed by atoms with Crippen LogP contribution in [0.2, 0.25) is 0 Å². The summed E-state index contributed by atoms with van der Waals surface area (Å²) in [5, 5.41) is 4.04. The highest BCUT2D eigenvalue weighted by atomic mass is 32.2. The van der Waals surface area contributed by atoms with Crippen molar-refractivity contribution in [3.8, 4) is 0 Å². The number of nitrogens with one attached hydrogen (secondary N) is 1. The minimum absolute atomic E-state index is 0.185. The molecule has 0 saturated heterocycles. The van der Waals surface area contributed by atoms with Gasteiger partial charge in [-0.2, -0.15) is 13.5 Å². The molecule has 0 unspecified atom stereocenters. The highest BCUT2D eigenvalue weighted by Crippen LogP contribution is 2.25. The third kappa shape index (κ3) is 7.73. The zero-order valence-corrected chi connectivity index (χ0v) is 16.4. The smallest absolute Gasteiger partial charge is 0.276 e. The zero-order valence-electron chi connectivity index (χ0n) is 15.6. The van der Waals surface area contributed by atoms with Crippen molar-refractivity contribution in [2.24, 2.45) is 10.5 Å². The van der Waals surface area contributed by atoms with Crippen molar-refractivity contribution in [1.29, 1.82) is 0 Å². The second-order valence-corrected chi connectivity index (χ2v) is 7.81. The van der Waals surface area contributed by atoms with Gasteiger partial charge in [0.2, 0.25) is 0 Å². The second-order valence-electron chi connectivity index (χ2n) is 6.15. The molecule has 0 atom stereocenters. The van der Waals surface area contributed by atoms with Crippen LogP contribution in [0.3, 0.4) is 0 Å². The Labute approximate surface area is 146 Å².